The van der Waals surface area contributed by atoms with Crippen LogP contribution in [0.2, 0.25) is 0 Å². The van der Waals surface area contributed by atoms with E-state index in [1.807, 2.05) is 0 Å². The maximum atomic E-state index is 5.57. The number of fused-ring (bicyclic) bond motifs is 10. The molecule has 5 heteroatoms. The van der Waals surface area contributed by atoms with Gasteiger partial charge in [-0.25, -0.2) is 4.98 Å². The molecule has 0 amide bonds. The van der Waals surface area contributed by atoms with Crippen molar-refractivity contribution in [2.24, 2.45) is 0 Å². The molecule has 0 aliphatic rings. The zero-order valence-electron chi connectivity index (χ0n) is 30.8. The Hall–Kier alpha value is -7.76. The van der Waals surface area contributed by atoms with Crippen LogP contribution in [0.1, 0.15) is 0 Å². The fourth-order valence-corrected chi connectivity index (χ4v) is 8.99. The molecule has 0 aliphatic carbocycles. The lowest BCUT2D eigenvalue weighted by Gasteiger charge is -2.15. The molecule has 0 fully saturated rings. The summed E-state index contributed by atoms with van der Waals surface area (Å²) in [6.45, 7) is 0. The van der Waals surface area contributed by atoms with Gasteiger partial charge in [-0.15, -0.1) is 0 Å². The van der Waals surface area contributed by atoms with E-state index >= 15 is 0 Å². The largest absolute Gasteiger partial charge is 0.307 e. The Balaban J connectivity index is 1.23. The Morgan fingerprint density at radius 3 is 1.35 bits per heavy atom. The van der Waals surface area contributed by atoms with E-state index in [1.165, 1.54) is 32.7 Å². The van der Waals surface area contributed by atoms with Gasteiger partial charge in [-0.3, -0.25) is 9.13 Å². The smallest absolute Gasteiger partial charge is 0.237 e. The molecule has 4 heterocycles. The van der Waals surface area contributed by atoms with Crippen LogP contribution in [0.4, 0.5) is 0 Å². The Bertz CT molecular complexity index is 3460. The van der Waals surface area contributed by atoms with Crippen molar-refractivity contribution < 1.29 is 0 Å². The molecule has 12 aromatic rings. The molecule has 4 aromatic heterocycles. The maximum absolute atomic E-state index is 5.57. The van der Waals surface area contributed by atoms with E-state index in [-0.39, 0.29) is 0 Å². The van der Waals surface area contributed by atoms with Crippen LogP contribution in [0.3, 0.4) is 0 Å². The molecule has 0 unspecified atom stereocenters. The molecule has 8 aromatic carbocycles. The lowest BCUT2D eigenvalue weighted by molar-refractivity contribution is 0.952. The van der Waals surface area contributed by atoms with Gasteiger partial charge in [0.15, 0.2) is 0 Å². The summed E-state index contributed by atoms with van der Waals surface area (Å²) >= 11 is 0. The normalized spacial score (nSPS) is 11.9. The van der Waals surface area contributed by atoms with E-state index in [9.17, 15) is 0 Å². The molecule has 0 N–H and O–H groups in total. The van der Waals surface area contributed by atoms with Crippen LogP contribution in [0.5, 0.6) is 0 Å². The standard InChI is InChI=1S/C52H33N5/c1-3-16-34(17-4-1)36-20-15-21-37(32-36)55-45-26-11-9-24-40(45)42-30-31-43-41-25-10-14-29-48(41)57(51(43)50(42)55)52-53-44(35-18-5-2-6-19-35)33-49(54-52)56-46-27-12-7-22-38(46)39-23-8-13-28-47(39)56/h1-33H. The zero-order valence-corrected chi connectivity index (χ0v) is 30.8. The summed E-state index contributed by atoms with van der Waals surface area (Å²) in [7, 11) is 0. The van der Waals surface area contributed by atoms with E-state index in [2.05, 4.69) is 214 Å². The van der Waals surface area contributed by atoms with Crippen molar-refractivity contribution in [3.63, 3.8) is 0 Å². The third-order valence-corrected chi connectivity index (χ3v) is 11.5. The van der Waals surface area contributed by atoms with E-state index in [4.69, 9.17) is 9.97 Å². The second-order valence-corrected chi connectivity index (χ2v) is 14.6. The molecule has 0 spiro atoms. The monoisotopic (exact) mass is 727 g/mol. The molecule has 57 heavy (non-hydrogen) atoms. The summed E-state index contributed by atoms with van der Waals surface area (Å²) < 4.78 is 7.02. The molecule has 0 atom stereocenters. The fraction of sp³-hybridized carbons (Fsp3) is 0. The second kappa shape index (κ2) is 12.4. The van der Waals surface area contributed by atoms with Crippen LogP contribution in [0.25, 0.3) is 105 Å². The first-order chi connectivity index (χ1) is 28.3. The Morgan fingerprint density at radius 2 is 0.754 bits per heavy atom. The molecular weight excluding hydrogens is 695 g/mol. The minimum atomic E-state index is 0.613. The topological polar surface area (TPSA) is 40.6 Å². The van der Waals surface area contributed by atoms with Gasteiger partial charge in [0.05, 0.1) is 38.8 Å². The third-order valence-electron chi connectivity index (χ3n) is 11.5. The predicted octanol–water partition coefficient (Wildman–Crippen LogP) is 13.1. The second-order valence-electron chi connectivity index (χ2n) is 14.6. The number of rotatable bonds is 5. The van der Waals surface area contributed by atoms with Crippen LogP contribution in [-0.2, 0) is 0 Å². The van der Waals surface area contributed by atoms with Gasteiger partial charge in [-0.1, -0.05) is 158 Å². The molecule has 0 aliphatic heterocycles. The van der Waals surface area contributed by atoms with Gasteiger partial charge < -0.3 is 4.57 Å². The van der Waals surface area contributed by atoms with Crippen molar-refractivity contribution in [3.8, 4) is 39.8 Å². The third kappa shape index (κ3) is 4.76. The Labute approximate surface area is 328 Å². The van der Waals surface area contributed by atoms with Gasteiger partial charge in [-0.2, -0.15) is 4.98 Å². The Kier molecular flexibility index (Phi) is 6.86. The average Bonchev–Trinajstić information content (AvgIpc) is 3.93. The van der Waals surface area contributed by atoms with Gasteiger partial charge in [0.25, 0.3) is 0 Å². The number of hydrogen-bond donors (Lipinski definition) is 0. The molecule has 0 radical (unpaired) electrons. The lowest BCUT2D eigenvalue weighted by Crippen LogP contribution is -2.08. The van der Waals surface area contributed by atoms with Gasteiger partial charge in [0.1, 0.15) is 5.82 Å². The number of para-hydroxylation sites is 4. The van der Waals surface area contributed by atoms with Crippen molar-refractivity contribution in [2.45, 2.75) is 0 Å². The first-order valence-corrected chi connectivity index (χ1v) is 19.3. The van der Waals surface area contributed by atoms with Crippen LogP contribution >= 0.6 is 0 Å². The number of nitrogens with zero attached hydrogens (tertiary/aromatic N) is 5. The SMILES string of the molecule is c1ccc(-c2cccc(-n3c4ccccc4c4ccc5c6ccccc6n(-c6nc(-c7ccccc7)cc(-n7c8ccccc8c8ccccc87)n6)c5c43)c2)cc1. The molecule has 266 valence electrons. The first kappa shape index (κ1) is 31.6. The zero-order chi connectivity index (χ0) is 37.5. The Morgan fingerprint density at radius 1 is 0.298 bits per heavy atom. The minimum absolute atomic E-state index is 0.613. The van der Waals surface area contributed by atoms with Crippen LogP contribution in [0.15, 0.2) is 200 Å². The molecule has 0 saturated heterocycles. The molecule has 12 rings (SSSR count). The molecular formula is C52H33N5. The number of hydrogen-bond acceptors (Lipinski definition) is 2. The van der Waals surface area contributed by atoms with Crippen LogP contribution < -0.4 is 0 Å². The number of aromatic nitrogens is 5. The van der Waals surface area contributed by atoms with Crippen molar-refractivity contribution >= 4 is 65.4 Å². The minimum Gasteiger partial charge on any atom is -0.307 e. The highest BCUT2D eigenvalue weighted by Crippen LogP contribution is 2.42. The van der Waals surface area contributed by atoms with E-state index in [0.29, 0.717) is 5.95 Å². The van der Waals surface area contributed by atoms with Gasteiger partial charge in [0, 0.05) is 49.6 Å². The average molecular weight is 728 g/mol. The summed E-state index contributed by atoms with van der Waals surface area (Å²) in [5, 5.41) is 7.05. The molecule has 0 bridgehead atoms. The lowest BCUT2D eigenvalue weighted by atomic mass is 10.1. The van der Waals surface area contributed by atoms with E-state index in [1.54, 1.807) is 0 Å². The summed E-state index contributed by atoms with van der Waals surface area (Å²) in [6, 6.07) is 71.2. The quantitative estimate of drug-likeness (QED) is 0.177. The fourth-order valence-electron chi connectivity index (χ4n) is 8.99. The molecule has 0 saturated carbocycles. The number of benzene rings is 8. The van der Waals surface area contributed by atoms with Crippen molar-refractivity contribution in [3.05, 3.63) is 200 Å². The predicted molar refractivity (Wildman–Crippen MR) is 236 cm³/mol. The maximum Gasteiger partial charge on any atom is 0.237 e. The van der Waals surface area contributed by atoms with Crippen LogP contribution in [-0.4, -0.2) is 23.7 Å². The van der Waals surface area contributed by atoms with Crippen molar-refractivity contribution in [2.75, 3.05) is 0 Å². The van der Waals surface area contributed by atoms with E-state index < -0.39 is 0 Å². The van der Waals surface area contributed by atoms with Crippen LogP contribution in [0, 0.1) is 0 Å². The van der Waals surface area contributed by atoms with Gasteiger partial charge in [0.2, 0.25) is 5.95 Å². The highest BCUT2D eigenvalue weighted by Gasteiger charge is 2.24. The van der Waals surface area contributed by atoms with Crippen molar-refractivity contribution in [1.29, 1.82) is 0 Å². The highest BCUT2D eigenvalue weighted by atomic mass is 15.2. The van der Waals surface area contributed by atoms with Crippen molar-refractivity contribution in [1.82, 2.24) is 23.7 Å². The molecule has 5 nitrogen and oxygen atoms in total. The van der Waals surface area contributed by atoms with E-state index in [0.717, 1.165) is 66.6 Å². The first-order valence-electron chi connectivity index (χ1n) is 19.3. The van der Waals surface area contributed by atoms with Gasteiger partial charge >= 0.3 is 0 Å². The summed E-state index contributed by atoms with van der Waals surface area (Å²) in [5.74, 6) is 1.42. The highest BCUT2D eigenvalue weighted by molar-refractivity contribution is 6.23. The van der Waals surface area contributed by atoms with Gasteiger partial charge in [-0.05, 0) is 47.5 Å². The summed E-state index contributed by atoms with van der Waals surface area (Å²) in [5.41, 5.74) is 11.9. The summed E-state index contributed by atoms with van der Waals surface area (Å²) in [4.78, 5) is 11.0. The summed E-state index contributed by atoms with van der Waals surface area (Å²) in [6.07, 6.45) is 0.